The summed E-state index contributed by atoms with van der Waals surface area (Å²) in [6.45, 7) is 4.65. The molecule has 0 radical (unpaired) electrons. The second-order valence-electron chi connectivity index (χ2n) is 4.66. The topological polar surface area (TPSA) is 86.0 Å². The standard InChI is InChI=1S/C15H21N5O/c1-4-12-13(5-2)19-20-15(18-12)17-9-10-8-11(16)6-7-14(10)21-3/h6-8H,4-5,9,16H2,1-3H3,(H,17,18,20). The van der Waals surface area contributed by atoms with E-state index in [4.69, 9.17) is 10.5 Å². The molecule has 21 heavy (non-hydrogen) atoms. The summed E-state index contributed by atoms with van der Waals surface area (Å²) in [4.78, 5) is 4.50. The summed E-state index contributed by atoms with van der Waals surface area (Å²) in [5.41, 5.74) is 9.39. The van der Waals surface area contributed by atoms with Crippen molar-refractivity contribution in [3.63, 3.8) is 0 Å². The Hall–Kier alpha value is -2.37. The molecule has 3 N–H and O–H groups in total. The number of rotatable bonds is 6. The lowest BCUT2D eigenvalue weighted by molar-refractivity contribution is 0.410. The molecule has 6 nitrogen and oxygen atoms in total. The van der Waals surface area contributed by atoms with E-state index in [1.807, 2.05) is 18.2 Å². The average Bonchev–Trinajstić information content (AvgIpc) is 2.52. The van der Waals surface area contributed by atoms with Crippen molar-refractivity contribution in [1.29, 1.82) is 0 Å². The van der Waals surface area contributed by atoms with E-state index in [1.165, 1.54) is 0 Å². The van der Waals surface area contributed by atoms with E-state index < -0.39 is 0 Å². The Balaban J connectivity index is 2.14. The molecular weight excluding hydrogens is 266 g/mol. The average molecular weight is 287 g/mol. The largest absolute Gasteiger partial charge is 0.496 e. The third kappa shape index (κ3) is 3.59. The molecule has 0 aliphatic heterocycles. The van der Waals surface area contributed by atoms with E-state index in [2.05, 4.69) is 34.3 Å². The zero-order valence-electron chi connectivity index (χ0n) is 12.7. The van der Waals surface area contributed by atoms with Gasteiger partial charge in [-0.15, -0.1) is 5.10 Å². The third-order valence-corrected chi connectivity index (χ3v) is 3.25. The summed E-state index contributed by atoms with van der Waals surface area (Å²) in [6.07, 6.45) is 1.68. The number of aryl methyl sites for hydroxylation is 2. The van der Waals surface area contributed by atoms with Crippen LogP contribution < -0.4 is 15.8 Å². The minimum atomic E-state index is 0.522. The van der Waals surface area contributed by atoms with Crippen LogP contribution in [0.1, 0.15) is 30.8 Å². The van der Waals surface area contributed by atoms with Gasteiger partial charge in [-0.2, -0.15) is 5.10 Å². The monoisotopic (exact) mass is 287 g/mol. The van der Waals surface area contributed by atoms with Crippen LogP contribution in [-0.4, -0.2) is 22.3 Å². The molecule has 0 saturated heterocycles. The van der Waals surface area contributed by atoms with Gasteiger partial charge in [-0.3, -0.25) is 0 Å². The van der Waals surface area contributed by atoms with Gasteiger partial charge in [0.2, 0.25) is 5.95 Å². The number of nitrogen functional groups attached to an aromatic ring is 1. The zero-order chi connectivity index (χ0) is 15.2. The number of nitrogens with one attached hydrogen (secondary N) is 1. The maximum atomic E-state index is 5.81. The molecule has 0 atom stereocenters. The van der Waals surface area contributed by atoms with Crippen LogP contribution in [0, 0.1) is 0 Å². The Morgan fingerprint density at radius 3 is 2.57 bits per heavy atom. The molecule has 0 aliphatic rings. The van der Waals surface area contributed by atoms with Crippen molar-refractivity contribution in [2.24, 2.45) is 0 Å². The highest BCUT2D eigenvalue weighted by Gasteiger charge is 2.08. The fourth-order valence-corrected chi connectivity index (χ4v) is 2.12. The molecule has 112 valence electrons. The first-order valence-corrected chi connectivity index (χ1v) is 7.06. The molecule has 0 aliphatic carbocycles. The second-order valence-corrected chi connectivity index (χ2v) is 4.66. The fraction of sp³-hybridized carbons (Fsp3) is 0.400. The fourth-order valence-electron chi connectivity index (χ4n) is 2.12. The summed E-state index contributed by atoms with van der Waals surface area (Å²) >= 11 is 0. The number of nitrogens with zero attached hydrogens (tertiary/aromatic N) is 3. The molecule has 1 aromatic carbocycles. The lowest BCUT2D eigenvalue weighted by Gasteiger charge is -2.11. The van der Waals surface area contributed by atoms with Crippen molar-refractivity contribution in [2.75, 3.05) is 18.2 Å². The van der Waals surface area contributed by atoms with E-state index in [-0.39, 0.29) is 0 Å². The van der Waals surface area contributed by atoms with Crippen LogP contribution in [-0.2, 0) is 19.4 Å². The molecule has 0 amide bonds. The van der Waals surface area contributed by atoms with Gasteiger partial charge >= 0.3 is 0 Å². The number of benzene rings is 1. The highest BCUT2D eigenvalue weighted by atomic mass is 16.5. The lowest BCUT2D eigenvalue weighted by atomic mass is 10.2. The number of methoxy groups -OCH3 is 1. The molecular formula is C15H21N5O. The van der Waals surface area contributed by atoms with Gasteiger partial charge in [0.1, 0.15) is 5.75 Å². The van der Waals surface area contributed by atoms with Gasteiger partial charge in [0.15, 0.2) is 0 Å². The van der Waals surface area contributed by atoms with Crippen LogP contribution in [0.5, 0.6) is 5.75 Å². The number of nitrogens with two attached hydrogens (primary N) is 1. The third-order valence-electron chi connectivity index (χ3n) is 3.25. The van der Waals surface area contributed by atoms with E-state index in [0.717, 1.165) is 35.5 Å². The minimum absolute atomic E-state index is 0.522. The highest BCUT2D eigenvalue weighted by Crippen LogP contribution is 2.21. The summed E-state index contributed by atoms with van der Waals surface area (Å²) in [5, 5.41) is 11.5. The van der Waals surface area contributed by atoms with Crippen LogP contribution in [0.2, 0.25) is 0 Å². The van der Waals surface area contributed by atoms with E-state index >= 15 is 0 Å². The van der Waals surface area contributed by atoms with Crippen molar-refractivity contribution >= 4 is 11.6 Å². The maximum Gasteiger partial charge on any atom is 0.243 e. The van der Waals surface area contributed by atoms with Crippen LogP contribution in [0.4, 0.5) is 11.6 Å². The Bertz CT molecular complexity index is 615. The van der Waals surface area contributed by atoms with Crippen molar-refractivity contribution in [1.82, 2.24) is 15.2 Å². The molecule has 0 spiro atoms. The molecule has 0 fully saturated rings. The van der Waals surface area contributed by atoms with E-state index in [9.17, 15) is 0 Å². The quantitative estimate of drug-likeness (QED) is 0.792. The SMILES string of the molecule is CCc1nnc(NCc2cc(N)ccc2OC)nc1CC. The predicted molar refractivity (Wildman–Crippen MR) is 83.3 cm³/mol. The summed E-state index contributed by atoms with van der Waals surface area (Å²) in [5.74, 6) is 1.30. The molecule has 0 unspecified atom stereocenters. The number of ether oxygens (including phenoxy) is 1. The second kappa shape index (κ2) is 6.88. The first-order valence-electron chi connectivity index (χ1n) is 7.06. The number of hydrogen-bond donors (Lipinski definition) is 2. The lowest BCUT2D eigenvalue weighted by Crippen LogP contribution is -2.10. The van der Waals surface area contributed by atoms with Gasteiger partial charge in [0.25, 0.3) is 0 Å². The normalized spacial score (nSPS) is 10.4. The van der Waals surface area contributed by atoms with E-state index in [0.29, 0.717) is 18.2 Å². The first kappa shape index (κ1) is 15.0. The molecule has 1 heterocycles. The van der Waals surface area contributed by atoms with Crippen molar-refractivity contribution in [3.8, 4) is 5.75 Å². The van der Waals surface area contributed by atoms with Crippen LogP contribution >= 0.6 is 0 Å². The van der Waals surface area contributed by atoms with Gasteiger partial charge in [0, 0.05) is 17.8 Å². The Morgan fingerprint density at radius 1 is 1.14 bits per heavy atom. The molecule has 6 heteroatoms. The van der Waals surface area contributed by atoms with Crippen LogP contribution in [0.3, 0.4) is 0 Å². The van der Waals surface area contributed by atoms with Gasteiger partial charge in [-0.25, -0.2) is 4.98 Å². The van der Waals surface area contributed by atoms with Gasteiger partial charge in [-0.05, 0) is 31.0 Å². The molecule has 0 saturated carbocycles. The Labute approximate surface area is 124 Å². The molecule has 1 aromatic heterocycles. The predicted octanol–water partition coefficient (Wildman–Crippen LogP) is 2.20. The van der Waals surface area contributed by atoms with Crippen molar-refractivity contribution in [2.45, 2.75) is 33.2 Å². The first-order chi connectivity index (χ1) is 10.2. The van der Waals surface area contributed by atoms with Crippen molar-refractivity contribution < 1.29 is 4.74 Å². The highest BCUT2D eigenvalue weighted by molar-refractivity contribution is 5.49. The van der Waals surface area contributed by atoms with Gasteiger partial charge in [0.05, 0.1) is 18.5 Å². The number of anilines is 2. The van der Waals surface area contributed by atoms with Gasteiger partial charge in [-0.1, -0.05) is 13.8 Å². The molecule has 2 rings (SSSR count). The summed E-state index contributed by atoms with van der Waals surface area (Å²) in [7, 11) is 1.64. The van der Waals surface area contributed by atoms with Crippen LogP contribution in [0.25, 0.3) is 0 Å². The Kier molecular flexibility index (Phi) is 4.92. The zero-order valence-corrected chi connectivity index (χ0v) is 12.7. The summed E-state index contributed by atoms with van der Waals surface area (Å²) < 4.78 is 5.32. The molecule has 0 bridgehead atoms. The van der Waals surface area contributed by atoms with Gasteiger partial charge < -0.3 is 15.8 Å². The maximum absolute atomic E-state index is 5.81. The number of hydrogen-bond acceptors (Lipinski definition) is 6. The minimum Gasteiger partial charge on any atom is -0.496 e. The molecule has 2 aromatic rings. The Morgan fingerprint density at radius 2 is 1.90 bits per heavy atom. The number of aromatic nitrogens is 3. The van der Waals surface area contributed by atoms with Crippen molar-refractivity contribution in [3.05, 3.63) is 35.2 Å². The van der Waals surface area contributed by atoms with Crippen LogP contribution in [0.15, 0.2) is 18.2 Å². The summed E-state index contributed by atoms with van der Waals surface area (Å²) in [6, 6.07) is 5.54. The van der Waals surface area contributed by atoms with E-state index in [1.54, 1.807) is 7.11 Å². The smallest absolute Gasteiger partial charge is 0.243 e.